The van der Waals surface area contributed by atoms with Crippen molar-refractivity contribution in [3.63, 3.8) is 0 Å². The Bertz CT molecular complexity index is 749. The molecule has 5 heteroatoms. The number of benzene rings is 2. The fourth-order valence-corrected chi connectivity index (χ4v) is 2.65. The van der Waals surface area contributed by atoms with Crippen molar-refractivity contribution in [1.82, 2.24) is 9.97 Å². The molecule has 0 radical (unpaired) electrons. The van der Waals surface area contributed by atoms with Gasteiger partial charge >= 0.3 is 0 Å². The van der Waals surface area contributed by atoms with E-state index in [1.165, 1.54) is 6.33 Å². The lowest BCUT2D eigenvalue weighted by Crippen LogP contribution is -1.96. The zero-order chi connectivity index (χ0) is 13.9. The number of nitrogens with zero attached hydrogens (tertiary/aromatic N) is 2. The Balaban J connectivity index is 1.91. The van der Waals surface area contributed by atoms with Crippen molar-refractivity contribution >= 4 is 38.4 Å². The fourth-order valence-electron chi connectivity index (χ4n) is 1.89. The van der Waals surface area contributed by atoms with Gasteiger partial charge in [0.15, 0.2) is 0 Å². The van der Waals surface area contributed by atoms with Crippen LogP contribution in [0.15, 0.2) is 53.3 Å². The summed E-state index contributed by atoms with van der Waals surface area (Å²) in [6, 6.07) is 13.7. The monoisotopic (exact) mass is 348 g/mol. The van der Waals surface area contributed by atoms with Crippen LogP contribution in [-0.4, -0.2) is 9.97 Å². The number of hydrogen-bond donors (Lipinski definition) is 0. The molecule has 0 atom stereocenters. The molecule has 0 aliphatic rings. The first-order valence-electron chi connectivity index (χ1n) is 6.01. The van der Waals surface area contributed by atoms with Gasteiger partial charge in [-0.3, -0.25) is 0 Å². The Hall–Kier alpha value is -1.65. The van der Waals surface area contributed by atoms with Crippen LogP contribution < -0.4 is 4.74 Å². The predicted octanol–water partition coefficient (Wildman–Crippen LogP) is 4.62. The van der Waals surface area contributed by atoms with Gasteiger partial charge in [-0.2, -0.15) is 0 Å². The summed E-state index contributed by atoms with van der Waals surface area (Å²) in [7, 11) is 0. The smallest absolute Gasteiger partial charge is 0.140 e. The molecule has 0 saturated heterocycles. The van der Waals surface area contributed by atoms with Crippen LogP contribution in [0.5, 0.6) is 5.75 Å². The van der Waals surface area contributed by atoms with E-state index in [1.54, 1.807) is 0 Å². The Labute approximate surface area is 129 Å². The molecule has 1 heterocycles. The second-order valence-electron chi connectivity index (χ2n) is 4.21. The summed E-state index contributed by atoms with van der Waals surface area (Å²) in [5.74, 6) is 0.733. The summed E-state index contributed by atoms with van der Waals surface area (Å²) in [5.41, 5.74) is 1.86. The number of halogens is 2. The van der Waals surface area contributed by atoms with Gasteiger partial charge in [0, 0.05) is 5.39 Å². The molecule has 3 nitrogen and oxygen atoms in total. The van der Waals surface area contributed by atoms with Crippen LogP contribution in [0.4, 0.5) is 0 Å². The van der Waals surface area contributed by atoms with Crippen molar-refractivity contribution in [2.24, 2.45) is 0 Å². The van der Waals surface area contributed by atoms with Crippen LogP contribution in [0.3, 0.4) is 0 Å². The first-order valence-corrected chi connectivity index (χ1v) is 7.18. The standard InChI is InChI=1S/C15H10BrClN2O/c16-13-12(20-8-10-4-2-1-3-5-10)7-6-11-14(13)18-9-19-15(11)17/h1-7,9H,8H2. The van der Waals surface area contributed by atoms with Crippen LogP contribution in [0.2, 0.25) is 5.15 Å². The third-order valence-corrected chi connectivity index (χ3v) is 3.97. The zero-order valence-electron chi connectivity index (χ0n) is 10.4. The van der Waals surface area contributed by atoms with E-state index < -0.39 is 0 Å². The Kier molecular flexibility index (Phi) is 3.85. The van der Waals surface area contributed by atoms with Crippen molar-refractivity contribution < 1.29 is 4.74 Å². The minimum Gasteiger partial charge on any atom is -0.488 e. The van der Waals surface area contributed by atoms with E-state index in [-0.39, 0.29) is 0 Å². The van der Waals surface area contributed by atoms with Crippen LogP contribution in [-0.2, 0) is 6.61 Å². The van der Waals surface area contributed by atoms with Crippen molar-refractivity contribution in [3.8, 4) is 5.75 Å². The summed E-state index contributed by atoms with van der Waals surface area (Å²) in [6.07, 6.45) is 1.44. The second-order valence-corrected chi connectivity index (χ2v) is 5.36. The predicted molar refractivity (Wildman–Crippen MR) is 83.0 cm³/mol. The number of aromatic nitrogens is 2. The number of ether oxygens (including phenoxy) is 1. The van der Waals surface area contributed by atoms with Crippen molar-refractivity contribution in [3.05, 3.63) is 64.0 Å². The fraction of sp³-hybridized carbons (Fsp3) is 0.0667. The quantitative estimate of drug-likeness (QED) is 0.647. The van der Waals surface area contributed by atoms with Gasteiger partial charge in [-0.1, -0.05) is 41.9 Å². The molecule has 0 bridgehead atoms. The lowest BCUT2D eigenvalue weighted by Gasteiger charge is -2.10. The van der Waals surface area contributed by atoms with Crippen LogP contribution >= 0.6 is 27.5 Å². The Morgan fingerprint density at radius 1 is 1.05 bits per heavy atom. The minimum absolute atomic E-state index is 0.435. The third-order valence-electron chi connectivity index (χ3n) is 2.90. The molecule has 2 aromatic carbocycles. The van der Waals surface area contributed by atoms with Crippen molar-refractivity contribution in [1.29, 1.82) is 0 Å². The Morgan fingerprint density at radius 2 is 1.85 bits per heavy atom. The molecule has 0 unspecified atom stereocenters. The van der Waals surface area contributed by atoms with Crippen LogP contribution in [0.1, 0.15) is 5.56 Å². The largest absolute Gasteiger partial charge is 0.488 e. The van der Waals surface area contributed by atoms with Gasteiger partial charge in [0.2, 0.25) is 0 Å². The molecule has 3 aromatic rings. The molecule has 0 aliphatic heterocycles. The first kappa shape index (κ1) is 13.3. The van der Waals surface area contributed by atoms with E-state index in [4.69, 9.17) is 16.3 Å². The lowest BCUT2D eigenvalue weighted by molar-refractivity contribution is 0.304. The average Bonchev–Trinajstić information content (AvgIpc) is 2.48. The van der Waals surface area contributed by atoms with Gasteiger partial charge in [0.25, 0.3) is 0 Å². The van der Waals surface area contributed by atoms with E-state index >= 15 is 0 Å². The molecule has 0 aliphatic carbocycles. The summed E-state index contributed by atoms with van der Waals surface area (Å²) in [4.78, 5) is 8.20. The Morgan fingerprint density at radius 3 is 2.65 bits per heavy atom. The highest BCUT2D eigenvalue weighted by atomic mass is 79.9. The maximum Gasteiger partial charge on any atom is 0.140 e. The van der Waals surface area contributed by atoms with E-state index in [0.29, 0.717) is 11.8 Å². The normalized spacial score (nSPS) is 10.7. The van der Waals surface area contributed by atoms with Gasteiger partial charge in [0.1, 0.15) is 23.8 Å². The molecule has 100 valence electrons. The number of fused-ring (bicyclic) bond motifs is 1. The van der Waals surface area contributed by atoms with Gasteiger partial charge in [-0.05, 0) is 33.6 Å². The minimum atomic E-state index is 0.435. The first-order chi connectivity index (χ1) is 9.75. The zero-order valence-corrected chi connectivity index (χ0v) is 12.7. The summed E-state index contributed by atoms with van der Waals surface area (Å²) < 4.78 is 6.61. The summed E-state index contributed by atoms with van der Waals surface area (Å²) in [5, 5.41) is 1.23. The van der Waals surface area contributed by atoms with Gasteiger partial charge in [-0.15, -0.1) is 0 Å². The maximum absolute atomic E-state index is 6.04. The van der Waals surface area contributed by atoms with Gasteiger partial charge < -0.3 is 4.74 Å². The molecule has 0 N–H and O–H groups in total. The van der Waals surface area contributed by atoms with E-state index in [9.17, 15) is 0 Å². The lowest BCUT2D eigenvalue weighted by atomic mass is 10.2. The third kappa shape index (κ3) is 2.62. The van der Waals surface area contributed by atoms with Crippen LogP contribution in [0.25, 0.3) is 10.9 Å². The van der Waals surface area contributed by atoms with Crippen molar-refractivity contribution in [2.45, 2.75) is 6.61 Å². The molecule has 20 heavy (non-hydrogen) atoms. The molecule has 0 amide bonds. The van der Waals surface area contributed by atoms with E-state index in [0.717, 1.165) is 26.7 Å². The molecule has 3 rings (SSSR count). The SMILES string of the molecule is Clc1ncnc2c(Br)c(OCc3ccccc3)ccc12. The molecular formula is C15H10BrClN2O. The summed E-state index contributed by atoms with van der Waals surface area (Å²) >= 11 is 9.56. The van der Waals surface area contributed by atoms with E-state index in [1.807, 2.05) is 42.5 Å². The molecule has 0 saturated carbocycles. The highest BCUT2D eigenvalue weighted by molar-refractivity contribution is 9.10. The molecular weight excluding hydrogens is 340 g/mol. The molecule has 0 spiro atoms. The average molecular weight is 350 g/mol. The highest BCUT2D eigenvalue weighted by Gasteiger charge is 2.10. The van der Waals surface area contributed by atoms with Crippen LogP contribution in [0, 0.1) is 0 Å². The summed E-state index contributed by atoms with van der Waals surface area (Å²) in [6.45, 7) is 0.504. The molecule has 0 fully saturated rings. The number of rotatable bonds is 3. The second kappa shape index (κ2) is 5.77. The topological polar surface area (TPSA) is 35.0 Å². The number of hydrogen-bond acceptors (Lipinski definition) is 3. The van der Waals surface area contributed by atoms with Gasteiger partial charge in [-0.25, -0.2) is 9.97 Å². The molecule has 1 aromatic heterocycles. The maximum atomic E-state index is 6.04. The van der Waals surface area contributed by atoms with E-state index in [2.05, 4.69) is 25.9 Å². The highest BCUT2D eigenvalue weighted by Crippen LogP contribution is 2.34. The van der Waals surface area contributed by atoms with Crippen molar-refractivity contribution in [2.75, 3.05) is 0 Å². The van der Waals surface area contributed by atoms with Gasteiger partial charge in [0.05, 0.1) is 9.99 Å².